The van der Waals surface area contributed by atoms with Gasteiger partial charge in [-0.05, 0) is 11.6 Å². The summed E-state index contributed by atoms with van der Waals surface area (Å²) in [6, 6.07) is 8.91. The van der Waals surface area contributed by atoms with E-state index in [2.05, 4.69) is 15.4 Å². The molecule has 1 aromatic carbocycles. The lowest BCUT2D eigenvalue weighted by Gasteiger charge is -2.07. The second-order valence-corrected chi connectivity index (χ2v) is 3.63. The monoisotopic (exact) mass is 231 g/mol. The zero-order chi connectivity index (χ0) is 12.3. The average molecular weight is 231 g/mol. The summed E-state index contributed by atoms with van der Waals surface area (Å²) in [6.45, 7) is 1.85. The minimum absolute atomic E-state index is 0.454. The van der Waals surface area contributed by atoms with Crippen molar-refractivity contribution < 1.29 is 4.79 Å². The van der Waals surface area contributed by atoms with Crippen LogP contribution < -0.4 is 5.73 Å². The molecule has 1 unspecified atom stereocenters. The summed E-state index contributed by atoms with van der Waals surface area (Å²) in [5, 5.41) is 11.9. The third-order valence-electron chi connectivity index (χ3n) is 2.45. The molecule has 6 heteroatoms. The number of aromatic nitrogens is 4. The standard InChI is InChI=1S/C11H13N5O/c1-2-9(10(12)17)16-14-11(13-15-16)8-6-4-3-5-7-8/h3-7,9H,2H2,1H3,(H2,12,17). The van der Waals surface area contributed by atoms with Gasteiger partial charge in [0.1, 0.15) is 0 Å². The predicted octanol–water partition coefficient (Wildman–Crippen LogP) is 0.777. The topological polar surface area (TPSA) is 86.7 Å². The fourth-order valence-electron chi connectivity index (χ4n) is 1.54. The van der Waals surface area contributed by atoms with Gasteiger partial charge >= 0.3 is 0 Å². The molecular formula is C11H13N5O. The van der Waals surface area contributed by atoms with Gasteiger partial charge in [0.05, 0.1) is 0 Å². The van der Waals surface area contributed by atoms with E-state index in [0.29, 0.717) is 12.2 Å². The fourth-order valence-corrected chi connectivity index (χ4v) is 1.54. The highest BCUT2D eigenvalue weighted by Gasteiger charge is 2.18. The SMILES string of the molecule is CCC(C(N)=O)n1nnc(-c2ccccc2)n1. The lowest BCUT2D eigenvalue weighted by molar-refractivity contribution is -0.121. The van der Waals surface area contributed by atoms with E-state index in [0.717, 1.165) is 5.56 Å². The van der Waals surface area contributed by atoms with Crippen molar-refractivity contribution in [2.45, 2.75) is 19.4 Å². The van der Waals surface area contributed by atoms with Crippen molar-refractivity contribution in [2.75, 3.05) is 0 Å². The number of hydrogen-bond donors (Lipinski definition) is 1. The maximum Gasteiger partial charge on any atom is 0.244 e. The van der Waals surface area contributed by atoms with E-state index in [-0.39, 0.29) is 0 Å². The quantitative estimate of drug-likeness (QED) is 0.842. The highest BCUT2D eigenvalue weighted by Crippen LogP contribution is 2.14. The summed E-state index contributed by atoms with van der Waals surface area (Å²) in [4.78, 5) is 12.4. The van der Waals surface area contributed by atoms with E-state index in [1.807, 2.05) is 37.3 Å². The highest BCUT2D eigenvalue weighted by atomic mass is 16.1. The van der Waals surface area contributed by atoms with E-state index in [1.54, 1.807) is 0 Å². The van der Waals surface area contributed by atoms with Crippen molar-refractivity contribution >= 4 is 5.91 Å². The molecule has 2 rings (SSSR count). The van der Waals surface area contributed by atoms with Crippen LogP contribution in [-0.2, 0) is 4.79 Å². The van der Waals surface area contributed by atoms with E-state index >= 15 is 0 Å². The van der Waals surface area contributed by atoms with Crippen molar-refractivity contribution in [1.29, 1.82) is 0 Å². The maximum absolute atomic E-state index is 11.2. The lowest BCUT2D eigenvalue weighted by atomic mass is 10.2. The molecule has 0 spiro atoms. The molecule has 1 aromatic heterocycles. The molecule has 1 atom stereocenters. The number of rotatable bonds is 4. The normalized spacial score (nSPS) is 12.3. The Hall–Kier alpha value is -2.24. The summed E-state index contributed by atoms with van der Waals surface area (Å²) < 4.78 is 0. The van der Waals surface area contributed by atoms with E-state index in [9.17, 15) is 4.79 Å². The first-order valence-corrected chi connectivity index (χ1v) is 5.36. The minimum atomic E-state index is -0.542. The third-order valence-corrected chi connectivity index (χ3v) is 2.45. The number of benzene rings is 1. The van der Waals surface area contributed by atoms with Crippen LogP contribution in [0.5, 0.6) is 0 Å². The fraction of sp³-hybridized carbons (Fsp3) is 0.273. The van der Waals surface area contributed by atoms with Crippen molar-refractivity contribution in [3.05, 3.63) is 30.3 Å². The van der Waals surface area contributed by atoms with Crippen LogP contribution >= 0.6 is 0 Å². The van der Waals surface area contributed by atoms with Crippen LogP contribution in [0.4, 0.5) is 0 Å². The molecule has 0 saturated carbocycles. The molecule has 17 heavy (non-hydrogen) atoms. The number of carbonyl (C=O) groups excluding carboxylic acids is 1. The smallest absolute Gasteiger partial charge is 0.244 e. The molecule has 0 radical (unpaired) electrons. The van der Waals surface area contributed by atoms with Gasteiger partial charge < -0.3 is 5.73 Å². The van der Waals surface area contributed by atoms with Crippen LogP contribution in [0.1, 0.15) is 19.4 Å². The molecule has 0 aliphatic rings. The van der Waals surface area contributed by atoms with E-state index in [1.165, 1.54) is 4.80 Å². The Morgan fingerprint density at radius 3 is 2.71 bits per heavy atom. The number of nitrogens with zero attached hydrogens (tertiary/aromatic N) is 4. The largest absolute Gasteiger partial charge is 0.368 e. The second-order valence-electron chi connectivity index (χ2n) is 3.63. The van der Waals surface area contributed by atoms with Crippen molar-refractivity contribution in [2.24, 2.45) is 5.73 Å². The van der Waals surface area contributed by atoms with Gasteiger partial charge in [0, 0.05) is 5.56 Å². The van der Waals surface area contributed by atoms with Crippen molar-refractivity contribution in [1.82, 2.24) is 20.2 Å². The Morgan fingerprint density at radius 1 is 1.41 bits per heavy atom. The predicted molar refractivity (Wildman–Crippen MR) is 61.8 cm³/mol. The summed E-state index contributed by atoms with van der Waals surface area (Å²) >= 11 is 0. The molecule has 2 aromatic rings. The molecule has 0 aliphatic carbocycles. The zero-order valence-electron chi connectivity index (χ0n) is 9.45. The number of carbonyl (C=O) groups is 1. The summed E-state index contributed by atoms with van der Waals surface area (Å²) in [5.74, 6) is 0.0369. The second kappa shape index (κ2) is 4.73. The van der Waals surface area contributed by atoms with Gasteiger partial charge in [-0.2, -0.15) is 4.80 Å². The Morgan fingerprint density at radius 2 is 2.12 bits per heavy atom. The first kappa shape index (κ1) is 11.3. The van der Waals surface area contributed by atoms with E-state index in [4.69, 9.17) is 5.73 Å². The number of primary amides is 1. The minimum Gasteiger partial charge on any atom is -0.368 e. The molecular weight excluding hydrogens is 218 g/mol. The molecule has 2 N–H and O–H groups in total. The van der Waals surface area contributed by atoms with Crippen LogP contribution in [0, 0.1) is 0 Å². The van der Waals surface area contributed by atoms with Gasteiger partial charge in [-0.15, -0.1) is 10.2 Å². The van der Waals surface area contributed by atoms with Gasteiger partial charge in [-0.1, -0.05) is 37.3 Å². The molecule has 1 amide bonds. The summed E-state index contributed by atoms with van der Waals surface area (Å²) in [7, 11) is 0. The molecule has 6 nitrogen and oxygen atoms in total. The molecule has 1 heterocycles. The van der Waals surface area contributed by atoms with Gasteiger partial charge in [-0.3, -0.25) is 4.79 Å². The highest BCUT2D eigenvalue weighted by molar-refractivity contribution is 5.78. The van der Waals surface area contributed by atoms with Gasteiger partial charge in [0.25, 0.3) is 0 Å². The zero-order valence-corrected chi connectivity index (χ0v) is 9.45. The van der Waals surface area contributed by atoms with Crippen LogP contribution in [0.3, 0.4) is 0 Å². The Bertz CT molecular complexity index is 508. The van der Waals surface area contributed by atoms with Gasteiger partial charge in [-0.25, -0.2) is 0 Å². The lowest BCUT2D eigenvalue weighted by Crippen LogP contribution is -2.27. The maximum atomic E-state index is 11.2. The van der Waals surface area contributed by atoms with Gasteiger partial charge in [0.15, 0.2) is 6.04 Å². The number of nitrogens with two attached hydrogens (primary N) is 1. The molecule has 0 bridgehead atoms. The van der Waals surface area contributed by atoms with Crippen LogP contribution in [0.2, 0.25) is 0 Å². The number of amides is 1. The van der Waals surface area contributed by atoms with Crippen LogP contribution in [0.15, 0.2) is 30.3 Å². The Kier molecular flexibility index (Phi) is 3.13. The van der Waals surface area contributed by atoms with Crippen molar-refractivity contribution in [3.63, 3.8) is 0 Å². The molecule has 0 saturated heterocycles. The average Bonchev–Trinajstić information content (AvgIpc) is 2.80. The Balaban J connectivity index is 2.30. The number of tetrazole rings is 1. The third kappa shape index (κ3) is 2.30. The summed E-state index contributed by atoms with van der Waals surface area (Å²) in [5.41, 5.74) is 6.12. The first-order valence-electron chi connectivity index (χ1n) is 5.36. The molecule has 0 aliphatic heterocycles. The first-order chi connectivity index (χ1) is 8.22. The van der Waals surface area contributed by atoms with Crippen molar-refractivity contribution in [3.8, 4) is 11.4 Å². The van der Waals surface area contributed by atoms with E-state index < -0.39 is 11.9 Å². The van der Waals surface area contributed by atoms with Crippen LogP contribution in [-0.4, -0.2) is 26.1 Å². The molecule has 0 fully saturated rings. The number of hydrogen-bond acceptors (Lipinski definition) is 4. The summed E-state index contributed by atoms with van der Waals surface area (Å²) in [6.07, 6.45) is 0.542. The Labute approximate surface area is 98.4 Å². The van der Waals surface area contributed by atoms with Crippen LogP contribution in [0.25, 0.3) is 11.4 Å². The molecule has 88 valence electrons. The van der Waals surface area contributed by atoms with Gasteiger partial charge in [0.2, 0.25) is 11.7 Å².